The Morgan fingerprint density at radius 3 is 2.37 bits per heavy atom. The van der Waals surface area contributed by atoms with Crippen LogP contribution in [0.1, 0.15) is 32.6 Å². The average Bonchev–Trinajstić information content (AvgIpc) is 2.82. The van der Waals surface area contributed by atoms with Crippen LogP contribution in [0.4, 0.5) is 0 Å². The molecule has 0 aromatic carbocycles. The number of hydrogen-bond acceptors (Lipinski definition) is 4. The Morgan fingerprint density at radius 1 is 1.26 bits per heavy atom. The summed E-state index contributed by atoms with van der Waals surface area (Å²) in [5.74, 6) is 0.669. The third kappa shape index (κ3) is 2.82. The monoisotopic (exact) mass is 289 g/mol. The number of hydrogen-bond donors (Lipinski definition) is 1. The maximum Gasteiger partial charge on any atom is 0.211 e. The van der Waals surface area contributed by atoms with Gasteiger partial charge in [0.05, 0.1) is 6.26 Å². The van der Waals surface area contributed by atoms with Crippen LogP contribution in [-0.4, -0.2) is 62.1 Å². The van der Waals surface area contributed by atoms with Gasteiger partial charge >= 0.3 is 0 Å². The Morgan fingerprint density at radius 2 is 1.89 bits per heavy atom. The van der Waals surface area contributed by atoms with Gasteiger partial charge in [-0.15, -0.1) is 0 Å². The first-order valence-corrected chi connectivity index (χ1v) is 9.19. The van der Waals surface area contributed by atoms with Gasteiger partial charge in [-0.25, -0.2) is 8.42 Å². The zero-order valence-corrected chi connectivity index (χ0v) is 13.0. The van der Waals surface area contributed by atoms with Gasteiger partial charge < -0.3 is 5.73 Å². The molecular formula is C13H27N3O2S. The predicted octanol–water partition coefficient (Wildman–Crippen LogP) is 0.471. The molecule has 2 atom stereocenters. The van der Waals surface area contributed by atoms with E-state index in [2.05, 4.69) is 11.8 Å². The summed E-state index contributed by atoms with van der Waals surface area (Å²) in [5, 5.41) is 0. The molecule has 2 aliphatic rings. The molecule has 2 fully saturated rings. The first-order valence-electron chi connectivity index (χ1n) is 7.34. The van der Waals surface area contributed by atoms with E-state index in [1.807, 2.05) is 0 Å². The molecule has 0 bridgehead atoms. The van der Waals surface area contributed by atoms with E-state index >= 15 is 0 Å². The van der Waals surface area contributed by atoms with Gasteiger partial charge in [-0.3, -0.25) is 4.90 Å². The second kappa shape index (κ2) is 5.68. The fourth-order valence-electron chi connectivity index (χ4n) is 3.99. The topological polar surface area (TPSA) is 66.6 Å². The lowest BCUT2D eigenvalue weighted by Gasteiger charge is -2.48. The number of piperazine rings is 1. The molecule has 6 heteroatoms. The number of rotatable bonds is 4. The van der Waals surface area contributed by atoms with E-state index in [0.717, 1.165) is 13.1 Å². The summed E-state index contributed by atoms with van der Waals surface area (Å²) in [6.45, 7) is 5.80. The lowest BCUT2D eigenvalue weighted by Crippen LogP contribution is -2.62. The fraction of sp³-hybridized carbons (Fsp3) is 1.00. The zero-order chi connectivity index (χ0) is 14.1. The lowest BCUT2D eigenvalue weighted by molar-refractivity contribution is 0.0289. The van der Waals surface area contributed by atoms with Gasteiger partial charge in [0, 0.05) is 38.3 Å². The molecule has 0 amide bonds. The molecule has 112 valence electrons. The lowest BCUT2D eigenvalue weighted by atomic mass is 9.83. The summed E-state index contributed by atoms with van der Waals surface area (Å²) >= 11 is 0. The van der Waals surface area contributed by atoms with E-state index in [0.29, 0.717) is 25.6 Å². The Hall–Kier alpha value is -0.170. The van der Waals surface area contributed by atoms with Crippen molar-refractivity contribution in [1.29, 1.82) is 0 Å². The zero-order valence-electron chi connectivity index (χ0n) is 12.1. The van der Waals surface area contributed by atoms with Crippen molar-refractivity contribution in [1.82, 2.24) is 9.21 Å². The Labute approximate surface area is 117 Å². The molecule has 0 spiro atoms. The third-order valence-electron chi connectivity index (χ3n) is 5.11. The maximum absolute atomic E-state index is 11.6. The van der Waals surface area contributed by atoms with E-state index in [-0.39, 0.29) is 5.54 Å². The van der Waals surface area contributed by atoms with E-state index in [1.165, 1.54) is 31.9 Å². The summed E-state index contributed by atoms with van der Waals surface area (Å²) in [5.41, 5.74) is 6.24. The van der Waals surface area contributed by atoms with E-state index in [4.69, 9.17) is 5.73 Å². The Kier molecular flexibility index (Phi) is 4.55. The normalized spacial score (nSPS) is 34.8. The quantitative estimate of drug-likeness (QED) is 0.817. The number of nitrogens with two attached hydrogens (primary N) is 1. The highest BCUT2D eigenvalue weighted by Crippen LogP contribution is 2.42. The van der Waals surface area contributed by atoms with Crippen molar-refractivity contribution >= 4 is 10.0 Å². The first-order chi connectivity index (χ1) is 8.94. The van der Waals surface area contributed by atoms with Crippen molar-refractivity contribution in [2.75, 3.05) is 39.0 Å². The summed E-state index contributed by atoms with van der Waals surface area (Å²) < 4.78 is 24.7. The van der Waals surface area contributed by atoms with Gasteiger partial charge in [-0.2, -0.15) is 4.31 Å². The Balaban J connectivity index is 2.07. The van der Waals surface area contributed by atoms with Crippen LogP contribution in [-0.2, 0) is 10.0 Å². The molecular weight excluding hydrogens is 262 g/mol. The number of sulfonamides is 1. The van der Waals surface area contributed by atoms with Crippen LogP contribution in [0.25, 0.3) is 0 Å². The highest BCUT2D eigenvalue weighted by Gasteiger charge is 2.46. The predicted molar refractivity (Wildman–Crippen MR) is 77.4 cm³/mol. The van der Waals surface area contributed by atoms with Gasteiger partial charge in [0.2, 0.25) is 10.0 Å². The van der Waals surface area contributed by atoms with Crippen molar-refractivity contribution in [2.24, 2.45) is 11.7 Å². The van der Waals surface area contributed by atoms with Crippen molar-refractivity contribution in [3.8, 4) is 0 Å². The summed E-state index contributed by atoms with van der Waals surface area (Å²) in [6.07, 6.45) is 6.15. The van der Waals surface area contributed by atoms with Gasteiger partial charge in [0.15, 0.2) is 0 Å². The minimum Gasteiger partial charge on any atom is -0.329 e. The molecule has 1 saturated carbocycles. The van der Waals surface area contributed by atoms with Gasteiger partial charge in [-0.05, 0) is 18.8 Å². The number of nitrogens with zero attached hydrogens (tertiary/aromatic N) is 2. The molecule has 2 rings (SSSR count). The minimum atomic E-state index is -3.04. The Bertz CT molecular complexity index is 404. The van der Waals surface area contributed by atoms with E-state index in [1.54, 1.807) is 4.31 Å². The van der Waals surface area contributed by atoms with Crippen molar-refractivity contribution in [2.45, 2.75) is 38.1 Å². The second-order valence-electron chi connectivity index (χ2n) is 5.95. The highest BCUT2D eigenvalue weighted by atomic mass is 32.2. The van der Waals surface area contributed by atoms with Crippen molar-refractivity contribution in [3.63, 3.8) is 0 Å². The molecule has 1 aliphatic carbocycles. The van der Waals surface area contributed by atoms with Crippen LogP contribution in [0.3, 0.4) is 0 Å². The molecule has 1 aliphatic heterocycles. The van der Waals surface area contributed by atoms with E-state index < -0.39 is 10.0 Å². The van der Waals surface area contributed by atoms with Crippen LogP contribution in [0.2, 0.25) is 0 Å². The van der Waals surface area contributed by atoms with E-state index in [9.17, 15) is 8.42 Å². The summed E-state index contributed by atoms with van der Waals surface area (Å²) in [4.78, 5) is 2.47. The molecule has 0 aromatic rings. The SMILES string of the molecule is CCC1CCCC1(CN)N1CCN(S(C)(=O)=O)CC1. The highest BCUT2D eigenvalue weighted by molar-refractivity contribution is 7.88. The molecule has 2 unspecified atom stereocenters. The second-order valence-corrected chi connectivity index (χ2v) is 7.94. The first kappa shape index (κ1) is 15.2. The van der Waals surface area contributed by atoms with Crippen molar-refractivity contribution in [3.05, 3.63) is 0 Å². The minimum absolute atomic E-state index is 0.123. The van der Waals surface area contributed by atoms with Crippen LogP contribution in [0.5, 0.6) is 0 Å². The smallest absolute Gasteiger partial charge is 0.211 e. The van der Waals surface area contributed by atoms with Crippen molar-refractivity contribution < 1.29 is 8.42 Å². The summed E-state index contributed by atoms with van der Waals surface area (Å²) in [7, 11) is -3.04. The van der Waals surface area contributed by atoms with Crippen LogP contribution >= 0.6 is 0 Å². The van der Waals surface area contributed by atoms with Crippen LogP contribution in [0, 0.1) is 5.92 Å². The molecule has 2 N–H and O–H groups in total. The molecule has 0 radical (unpaired) electrons. The van der Waals surface area contributed by atoms with Crippen LogP contribution in [0.15, 0.2) is 0 Å². The van der Waals surface area contributed by atoms with Gasteiger partial charge in [0.1, 0.15) is 0 Å². The molecule has 1 saturated heterocycles. The van der Waals surface area contributed by atoms with Crippen LogP contribution < -0.4 is 5.73 Å². The largest absolute Gasteiger partial charge is 0.329 e. The summed E-state index contributed by atoms with van der Waals surface area (Å²) in [6, 6.07) is 0. The maximum atomic E-state index is 11.6. The van der Waals surface area contributed by atoms with Gasteiger partial charge in [0.25, 0.3) is 0 Å². The standard InChI is InChI=1S/C13H27N3O2S/c1-3-12-5-4-6-13(12,11-14)15-7-9-16(10-8-15)19(2,17)18/h12H,3-11,14H2,1-2H3. The molecule has 19 heavy (non-hydrogen) atoms. The molecule has 1 heterocycles. The average molecular weight is 289 g/mol. The molecule has 0 aromatic heterocycles. The fourth-order valence-corrected chi connectivity index (χ4v) is 4.82. The molecule has 5 nitrogen and oxygen atoms in total. The van der Waals surface area contributed by atoms with Gasteiger partial charge in [-0.1, -0.05) is 19.8 Å². The third-order valence-corrected chi connectivity index (χ3v) is 6.41.